The number of hydrogen-bond donors (Lipinski definition) is 0. The van der Waals surface area contributed by atoms with Crippen molar-refractivity contribution in [1.82, 2.24) is 4.90 Å². The average molecular weight is 305 g/mol. The molecular formula is C18H27NO3. The zero-order valence-electron chi connectivity index (χ0n) is 13.7. The van der Waals surface area contributed by atoms with E-state index in [-0.39, 0.29) is 5.97 Å². The summed E-state index contributed by atoms with van der Waals surface area (Å²) in [5.41, 5.74) is 0. The summed E-state index contributed by atoms with van der Waals surface area (Å²) in [7, 11) is 2.18. The highest BCUT2D eigenvalue weighted by molar-refractivity contribution is 5.72. The van der Waals surface area contributed by atoms with Crippen LogP contribution in [0, 0.1) is 0 Å². The first-order valence-corrected chi connectivity index (χ1v) is 8.33. The normalized spacial score (nSPS) is 18.4. The molecule has 1 fully saturated rings. The van der Waals surface area contributed by atoms with E-state index in [0.29, 0.717) is 18.2 Å². The van der Waals surface area contributed by atoms with Crippen molar-refractivity contribution in [2.45, 2.75) is 51.5 Å². The van der Waals surface area contributed by atoms with Gasteiger partial charge in [0.1, 0.15) is 11.5 Å². The van der Waals surface area contributed by atoms with Crippen LogP contribution < -0.4 is 9.47 Å². The fraction of sp³-hybridized carbons (Fsp3) is 0.611. The highest BCUT2D eigenvalue weighted by Gasteiger charge is 2.20. The van der Waals surface area contributed by atoms with Crippen LogP contribution in [-0.4, -0.2) is 37.1 Å². The number of benzene rings is 1. The van der Waals surface area contributed by atoms with Crippen molar-refractivity contribution in [1.29, 1.82) is 0 Å². The molecule has 1 aliphatic rings. The van der Waals surface area contributed by atoms with Gasteiger partial charge < -0.3 is 14.4 Å². The molecule has 1 aliphatic heterocycles. The van der Waals surface area contributed by atoms with Gasteiger partial charge in [-0.15, -0.1) is 0 Å². The molecule has 1 atom stereocenters. The molecule has 1 heterocycles. The summed E-state index contributed by atoms with van der Waals surface area (Å²) in [4.78, 5) is 14.0. The summed E-state index contributed by atoms with van der Waals surface area (Å²) in [6.45, 7) is 3.98. The topological polar surface area (TPSA) is 38.8 Å². The van der Waals surface area contributed by atoms with Crippen LogP contribution in [0.25, 0.3) is 0 Å². The van der Waals surface area contributed by atoms with Gasteiger partial charge in [-0.05, 0) is 63.5 Å². The number of ether oxygens (including phenoxy) is 2. The summed E-state index contributed by atoms with van der Waals surface area (Å²) in [5, 5.41) is 0. The Hall–Kier alpha value is -1.55. The van der Waals surface area contributed by atoms with E-state index >= 15 is 0 Å². The average Bonchev–Trinajstić information content (AvgIpc) is 2.92. The second-order valence-corrected chi connectivity index (χ2v) is 5.96. The quantitative estimate of drug-likeness (QED) is 0.543. The van der Waals surface area contributed by atoms with E-state index in [9.17, 15) is 4.79 Å². The van der Waals surface area contributed by atoms with Crippen LogP contribution in [0.5, 0.6) is 11.5 Å². The molecule has 22 heavy (non-hydrogen) atoms. The highest BCUT2D eigenvalue weighted by Crippen LogP contribution is 2.21. The minimum atomic E-state index is -0.167. The lowest BCUT2D eigenvalue weighted by Gasteiger charge is -2.19. The molecule has 0 aliphatic carbocycles. The molecule has 0 aromatic heterocycles. The van der Waals surface area contributed by atoms with E-state index in [1.165, 1.54) is 19.4 Å². The minimum absolute atomic E-state index is 0.167. The third-order valence-electron chi connectivity index (χ3n) is 4.18. The Morgan fingerprint density at radius 3 is 2.64 bits per heavy atom. The van der Waals surface area contributed by atoms with Crippen molar-refractivity contribution in [3.05, 3.63) is 24.3 Å². The van der Waals surface area contributed by atoms with Crippen LogP contribution >= 0.6 is 0 Å². The van der Waals surface area contributed by atoms with Gasteiger partial charge in [-0.2, -0.15) is 0 Å². The van der Waals surface area contributed by atoms with E-state index in [1.807, 2.05) is 12.1 Å². The first-order valence-electron chi connectivity index (χ1n) is 8.33. The molecule has 1 unspecified atom stereocenters. The van der Waals surface area contributed by atoms with E-state index in [1.54, 1.807) is 12.1 Å². The zero-order chi connectivity index (χ0) is 15.8. The fourth-order valence-electron chi connectivity index (χ4n) is 2.76. The Bertz CT molecular complexity index is 458. The van der Waals surface area contributed by atoms with Crippen LogP contribution in [-0.2, 0) is 4.79 Å². The molecule has 0 bridgehead atoms. The van der Waals surface area contributed by atoms with Gasteiger partial charge >= 0.3 is 5.97 Å². The molecule has 1 aromatic rings. The second-order valence-electron chi connectivity index (χ2n) is 5.96. The monoisotopic (exact) mass is 305 g/mol. The predicted octanol–water partition coefficient (Wildman–Crippen LogP) is 3.65. The number of rotatable bonds is 8. The van der Waals surface area contributed by atoms with Crippen molar-refractivity contribution >= 4 is 5.97 Å². The summed E-state index contributed by atoms with van der Waals surface area (Å²) in [6, 6.07) is 7.96. The Morgan fingerprint density at radius 1 is 1.27 bits per heavy atom. The van der Waals surface area contributed by atoms with E-state index in [2.05, 4.69) is 18.9 Å². The predicted molar refractivity (Wildman–Crippen MR) is 87.4 cm³/mol. The van der Waals surface area contributed by atoms with Crippen LogP contribution in [0.1, 0.15) is 45.4 Å². The highest BCUT2D eigenvalue weighted by atomic mass is 16.5. The molecule has 4 nitrogen and oxygen atoms in total. The van der Waals surface area contributed by atoms with Gasteiger partial charge in [-0.1, -0.05) is 13.3 Å². The molecule has 1 saturated heterocycles. The van der Waals surface area contributed by atoms with Gasteiger partial charge in [0.05, 0.1) is 6.61 Å². The van der Waals surface area contributed by atoms with Gasteiger partial charge in [-0.3, -0.25) is 4.79 Å². The third-order valence-corrected chi connectivity index (χ3v) is 4.18. The standard InChI is InChI=1S/C18H27NO3/c1-3-4-7-18(20)22-17-10-8-16(9-11-17)21-14-12-15-6-5-13-19(15)2/h8-11,15H,3-7,12-14H2,1-2H3. The van der Waals surface area contributed by atoms with Crippen molar-refractivity contribution in [3.63, 3.8) is 0 Å². The first kappa shape index (κ1) is 16.8. The van der Waals surface area contributed by atoms with Gasteiger partial charge in [0.25, 0.3) is 0 Å². The van der Waals surface area contributed by atoms with Crippen molar-refractivity contribution in [2.24, 2.45) is 0 Å². The van der Waals surface area contributed by atoms with E-state index in [4.69, 9.17) is 9.47 Å². The largest absolute Gasteiger partial charge is 0.494 e. The molecule has 0 spiro atoms. The molecule has 1 aromatic carbocycles. The van der Waals surface area contributed by atoms with Crippen molar-refractivity contribution in [2.75, 3.05) is 20.2 Å². The lowest BCUT2D eigenvalue weighted by atomic mass is 10.1. The van der Waals surface area contributed by atoms with Crippen LogP contribution in [0.4, 0.5) is 0 Å². The maximum absolute atomic E-state index is 11.5. The fourth-order valence-corrected chi connectivity index (χ4v) is 2.76. The molecule has 2 rings (SSSR count). The molecule has 4 heteroatoms. The number of unbranched alkanes of at least 4 members (excludes halogenated alkanes) is 1. The van der Waals surface area contributed by atoms with Gasteiger partial charge in [0.15, 0.2) is 0 Å². The number of hydrogen-bond acceptors (Lipinski definition) is 4. The van der Waals surface area contributed by atoms with E-state index < -0.39 is 0 Å². The third kappa shape index (κ3) is 5.34. The Kier molecular flexibility index (Phi) is 6.72. The van der Waals surface area contributed by atoms with Crippen molar-refractivity contribution in [3.8, 4) is 11.5 Å². The summed E-state index contributed by atoms with van der Waals surface area (Å²) >= 11 is 0. The minimum Gasteiger partial charge on any atom is -0.494 e. The second kappa shape index (κ2) is 8.79. The number of carbonyl (C=O) groups is 1. The molecule has 0 radical (unpaired) electrons. The summed E-state index contributed by atoms with van der Waals surface area (Å²) in [6.07, 6.45) is 5.97. The molecule has 122 valence electrons. The zero-order valence-corrected chi connectivity index (χ0v) is 13.7. The van der Waals surface area contributed by atoms with Gasteiger partial charge in [0.2, 0.25) is 0 Å². The van der Waals surface area contributed by atoms with Gasteiger partial charge in [-0.25, -0.2) is 0 Å². The Morgan fingerprint density at radius 2 is 2.00 bits per heavy atom. The number of carbonyl (C=O) groups excluding carboxylic acids is 1. The maximum atomic E-state index is 11.5. The molecule has 0 N–H and O–H groups in total. The Labute approximate surface area is 133 Å². The van der Waals surface area contributed by atoms with Crippen molar-refractivity contribution < 1.29 is 14.3 Å². The van der Waals surface area contributed by atoms with Crippen LogP contribution in [0.2, 0.25) is 0 Å². The summed E-state index contributed by atoms with van der Waals surface area (Å²) < 4.78 is 11.0. The maximum Gasteiger partial charge on any atom is 0.311 e. The molecule has 0 amide bonds. The first-order chi connectivity index (χ1) is 10.7. The van der Waals surface area contributed by atoms with Crippen LogP contribution in [0.3, 0.4) is 0 Å². The van der Waals surface area contributed by atoms with E-state index in [0.717, 1.165) is 31.6 Å². The number of nitrogens with zero attached hydrogens (tertiary/aromatic N) is 1. The summed E-state index contributed by atoms with van der Waals surface area (Å²) in [5.74, 6) is 1.25. The van der Waals surface area contributed by atoms with Crippen LogP contribution in [0.15, 0.2) is 24.3 Å². The molecular weight excluding hydrogens is 278 g/mol. The molecule has 0 saturated carbocycles. The smallest absolute Gasteiger partial charge is 0.311 e. The SMILES string of the molecule is CCCCC(=O)Oc1ccc(OCCC2CCCN2C)cc1. The number of likely N-dealkylation sites (tertiary alicyclic amines) is 1. The number of esters is 1. The lowest BCUT2D eigenvalue weighted by molar-refractivity contribution is -0.134. The van der Waals surface area contributed by atoms with Gasteiger partial charge in [0, 0.05) is 12.5 Å². The Balaban J connectivity index is 1.71. The lowest BCUT2D eigenvalue weighted by Crippen LogP contribution is -2.26.